The number of aromatic nitrogens is 1. The van der Waals surface area contributed by atoms with Gasteiger partial charge >= 0.3 is 0 Å². The minimum Gasteiger partial charge on any atom is -0.370 e. The monoisotopic (exact) mass is 278 g/mol. The van der Waals surface area contributed by atoms with E-state index in [-0.39, 0.29) is 23.0 Å². The van der Waals surface area contributed by atoms with Crippen molar-refractivity contribution >= 4 is 5.69 Å². The lowest BCUT2D eigenvalue weighted by atomic mass is 9.98. The van der Waals surface area contributed by atoms with Crippen molar-refractivity contribution in [1.82, 2.24) is 4.57 Å². The lowest BCUT2D eigenvalue weighted by molar-refractivity contribution is -0.385. The molecule has 1 atom stereocenters. The second-order valence-corrected chi connectivity index (χ2v) is 5.80. The number of ether oxygens (including phenoxy) is 1. The highest BCUT2D eigenvalue weighted by Gasteiger charge is 2.42. The van der Waals surface area contributed by atoms with Gasteiger partial charge in [-0.1, -0.05) is 12.8 Å². The fraction of sp³-hybridized carbons (Fsp3) is 0.643. The van der Waals surface area contributed by atoms with Crippen LogP contribution in [0.2, 0.25) is 0 Å². The van der Waals surface area contributed by atoms with Crippen LogP contribution in [0.5, 0.6) is 0 Å². The second-order valence-electron chi connectivity index (χ2n) is 5.80. The van der Waals surface area contributed by atoms with Crippen molar-refractivity contribution in [3.05, 3.63) is 38.8 Å². The van der Waals surface area contributed by atoms with Crippen LogP contribution in [-0.2, 0) is 11.3 Å². The number of nitro groups is 1. The molecule has 1 saturated carbocycles. The van der Waals surface area contributed by atoms with Crippen molar-refractivity contribution in [3.8, 4) is 0 Å². The largest absolute Gasteiger partial charge is 0.370 e. The van der Waals surface area contributed by atoms with Crippen molar-refractivity contribution in [1.29, 1.82) is 0 Å². The quantitative estimate of drug-likeness (QED) is 0.627. The molecule has 0 bridgehead atoms. The van der Waals surface area contributed by atoms with E-state index >= 15 is 0 Å². The van der Waals surface area contributed by atoms with Gasteiger partial charge in [-0.05, 0) is 25.7 Å². The summed E-state index contributed by atoms with van der Waals surface area (Å²) in [6.07, 6.45) is 7.91. The highest BCUT2D eigenvalue weighted by molar-refractivity contribution is 5.24. The zero-order valence-electron chi connectivity index (χ0n) is 11.3. The summed E-state index contributed by atoms with van der Waals surface area (Å²) in [5.41, 5.74) is -0.251. The van der Waals surface area contributed by atoms with E-state index in [4.69, 9.17) is 4.74 Å². The SMILES string of the molecule is O=c1ccc([N+](=O)[O-])cn1C[C@H]1CCC2(CCCC2)O1. The van der Waals surface area contributed by atoms with Crippen molar-refractivity contribution in [3.63, 3.8) is 0 Å². The molecule has 1 aromatic heterocycles. The third-order valence-electron chi connectivity index (χ3n) is 4.43. The van der Waals surface area contributed by atoms with Crippen LogP contribution in [0.25, 0.3) is 0 Å². The lowest BCUT2D eigenvalue weighted by Crippen LogP contribution is -2.29. The smallest absolute Gasteiger partial charge is 0.285 e. The van der Waals surface area contributed by atoms with Gasteiger partial charge in [-0.3, -0.25) is 14.9 Å². The number of rotatable bonds is 3. The summed E-state index contributed by atoms with van der Waals surface area (Å²) in [5, 5.41) is 10.8. The number of nitrogens with zero attached hydrogens (tertiary/aromatic N) is 2. The standard InChI is InChI=1S/C14H18N2O4/c17-13-4-3-11(16(18)19)9-15(13)10-12-5-8-14(20-12)6-1-2-7-14/h3-4,9,12H,1-2,5-8,10H2/t12-/m1/s1. The third kappa shape index (κ3) is 2.47. The Morgan fingerprint density at radius 3 is 2.80 bits per heavy atom. The molecule has 6 heteroatoms. The first-order valence-electron chi connectivity index (χ1n) is 7.11. The van der Waals surface area contributed by atoms with Gasteiger partial charge in [0.1, 0.15) is 0 Å². The molecule has 0 radical (unpaired) electrons. The van der Waals surface area contributed by atoms with Gasteiger partial charge in [-0.25, -0.2) is 0 Å². The summed E-state index contributed by atoms with van der Waals surface area (Å²) in [6.45, 7) is 0.405. The van der Waals surface area contributed by atoms with Crippen LogP contribution in [0.3, 0.4) is 0 Å². The average molecular weight is 278 g/mol. The first-order valence-corrected chi connectivity index (χ1v) is 7.11. The minimum absolute atomic E-state index is 0.00666. The summed E-state index contributed by atoms with van der Waals surface area (Å²) in [7, 11) is 0. The molecule has 3 rings (SSSR count). The zero-order valence-corrected chi connectivity index (χ0v) is 11.3. The van der Waals surface area contributed by atoms with Gasteiger partial charge in [0.25, 0.3) is 11.2 Å². The van der Waals surface area contributed by atoms with Gasteiger partial charge in [-0.2, -0.15) is 0 Å². The highest BCUT2D eigenvalue weighted by Crippen LogP contribution is 2.43. The third-order valence-corrected chi connectivity index (χ3v) is 4.43. The van der Waals surface area contributed by atoms with E-state index in [1.165, 1.54) is 35.7 Å². The second kappa shape index (κ2) is 5.01. The van der Waals surface area contributed by atoms with Crippen LogP contribution in [0, 0.1) is 10.1 Å². The molecule has 2 aliphatic rings. The molecule has 108 valence electrons. The summed E-state index contributed by atoms with van der Waals surface area (Å²) < 4.78 is 7.54. The molecule has 0 aromatic carbocycles. The molecular formula is C14H18N2O4. The van der Waals surface area contributed by atoms with Crippen molar-refractivity contribution in [2.24, 2.45) is 0 Å². The van der Waals surface area contributed by atoms with E-state index in [2.05, 4.69) is 0 Å². The molecule has 1 aromatic rings. The highest BCUT2D eigenvalue weighted by atomic mass is 16.6. The molecule has 0 N–H and O–H groups in total. The Morgan fingerprint density at radius 2 is 2.10 bits per heavy atom. The fourth-order valence-electron chi connectivity index (χ4n) is 3.40. The van der Waals surface area contributed by atoms with Crippen molar-refractivity contribution < 1.29 is 9.66 Å². The Balaban J connectivity index is 1.74. The molecule has 2 fully saturated rings. The molecule has 6 nitrogen and oxygen atoms in total. The van der Waals surface area contributed by atoms with E-state index in [1.807, 2.05) is 0 Å². The molecule has 1 saturated heterocycles. The Labute approximate surface area is 116 Å². The van der Waals surface area contributed by atoms with Gasteiger partial charge in [0.15, 0.2) is 0 Å². The predicted octanol–water partition coefficient (Wildman–Crippen LogP) is 2.25. The average Bonchev–Trinajstić information content (AvgIpc) is 3.03. The van der Waals surface area contributed by atoms with Gasteiger partial charge < -0.3 is 9.30 Å². The molecule has 1 aliphatic carbocycles. The Hall–Kier alpha value is -1.69. The summed E-state index contributed by atoms with van der Waals surface area (Å²) >= 11 is 0. The molecule has 0 unspecified atom stereocenters. The molecule has 0 amide bonds. The van der Waals surface area contributed by atoms with Crippen LogP contribution in [0.15, 0.2) is 23.1 Å². The first-order chi connectivity index (χ1) is 9.58. The topological polar surface area (TPSA) is 74.4 Å². The maximum absolute atomic E-state index is 11.8. The van der Waals surface area contributed by atoms with Gasteiger partial charge in [-0.15, -0.1) is 0 Å². The normalized spacial score (nSPS) is 24.3. The lowest BCUT2D eigenvalue weighted by Gasteiger charge is -2.24. The number of pyridine rings is 1. The van der Waals surface area contributed by atoms with E-state index < -0.39 is 4.92 Å². The molecule has 2 heterocycles. The van der Waals surface area contributed by atoms with Gasteiger partial charge in [0.05, 0.1) is 29.4 Å². The Morgan fingerprint density at radius 1 is 1.35 bits per heavy atom. The summed E-state index contributed by atoms with van der Waals surface area (Å²) in [6, 6.07) is 2.49. The van der Waals surface area contributed by atoms with E-state index in [0.29, 0.717) is 6.54 Å². The molecular weight excluding hydrogens is 260 g/mol. The van der Waals surface area contributed by atoms with E-state index in [9.17, 15) is 14.9 Å². The molecule has 1 spiro atoms. The first kappa shape index (κ1) is 13.3. The van der Waals surface area contributed by atoms with Crippen LogP contribution in [-0.4, -0.2) is 21.2 Å². The summed E-state index contributed by atoms with van der Waals surface area (Å²) in [5.74, 6) is 0. The predicted molar refractivity (Wildman–Crippen MR) is 72.7 cm³/mol. The van der Waals surface area contributed by atoms with E-state index in [0.717, 1.165) is 25.7 Å². The summed E-state index contributed by atoms with van der Waals surface area (Å²) in [4.78, 5) is 22.1. The Kier molecular flexibility index (Phi) is 3.33. The van der Waals surface area contributed by atoms with Crippen molar-refractivity contribution in [2.75, 3.05) is 0 Å². The van der Waals surface area contributed by atoms with Crippen LogP contribution < -0.4 is 5.56 Å². The van der Waals surface area contributed by atoms with Gasteiger partial charge in [0.2, 0.25) is 0 Å². The molecule has 20 heavy (non-hydrogen) atoms. The molecule has 1 aliphatic heterocycles. The number of hydrogen-bond acceptors (Lipinski definition) is 4. The van der Waals surface area contributed by atoms with Crippen LogP contribution >= 0.6 is 0 Å². The van der Waals surface area contributed by atoms with E-state index in [1.54, 1.807) is 0 Å². The maximum Gasteiger partial charge on any atom is 0.285 e. The van der Waals surface area contributed by atoms with Gasteiger partial charge in [0, 0.05) is 12.1 Å². The maximum atomic E-state index is 11.8. The minimum atomic E-state index is -0.482. The Bertz CT molecular complexity index is 575. The number of hydrogen-bond donors (Lipinski definition) is 0. The van der Waals surface area contributed by atoms with Crippen molar-refractivity contribution in [2.45, 2.75) is 56.8 Å². The fourth-order valence-corrected chi connectivity index (χ4v) is 3.40. The van der Waals surface area contributed by atoms with Crippen LogP contribution in [0.1, 0.15) is 38.5 Å². The van der Waals surface area contributed by atoms with Crippen LogP contribution in [0.4, 0.5) is 5.69 Å². The zero-order chi connectivity index (χ0) is 14.2.